The summed E-state index contributed by atoms with van der Waals surface area (Å²) in [7, 11) is 0. The number of nitrogens with zero attached hydrogens (tertiary/aromatic N) is 3. The highest BCUT2D eigenvalue weighted by Crippen LogP contribution is 2.12. The Morgan fingerprint density at radius 3 is 3.21 bits per heavy atom. The molecule has 0 radical (unpaired) electrons. The molecule has 0 spiro atoms. The Balaban J connectivity index is 1.47. The van der Waals surface area contributed by atoms with Gasteiger partial charge in [-0.2, -0.15) is 5.10 Å². The molecule has 0 saturated carbocycles. The van der Waals surface area contributed by atoms with Gasteiger partial charge in [0.05, 0.1) is 19.3 Å². The predicted molar refractivity (Wildman–Crippen MR) is 76.4 cm³/mol. The van der Waals surface area contributed by atoms with Crippen molar-refractivity contribution in [3.8, 4) is 0 Å². The second-order valence-corrected chi connectivity index (χ2v) is 5.88. The van der Waals surface area contributed by atoms with Crippen LogP contribution in [0.4, 0.5) is 0 Å². The van der Waals surface area contributed by atoms with E-state index in [4.69, 9.17) is 4.74 Å². The molecule has 3 heterocycles. The SMILES string of the molecule is c1csc(CCN2CCO[C@H](Cn3cccn3)C2)c1. The van der Waals surface area contributed by atoms with E-state index in [9.17, 15) is 0 Å². The first kappa shape index (κ1) is 12.8. The topological polar surface area (TPSA) is 30.3 Å². The Bertz CT molecular complexity index is 469. The van der Waals surface area contributed by atoms with Crippen LogP contribution >= 0.6 is 11.3 Å². The third-order valence-electron chi connectivity index (χ3n) is 3.43. The maximum absolute atomic E-state index is 5.82. The highest BCUT2D eigenvalue weighted by Gasteiger charge is 2.20. The van der Waals surface area contributed by atoms with Crippen LogP contribution in [0, 0.1) is 0 Å². The molecule has 0 aliphatic carbocycles. The summed E-state index contributed by atoms with van der Waals surface area (Å²) >= 11 is 1.84. The zero-order chi connectivity index (χ0) is 12.9. The minimum absolute atomic E-state index is 0.261. The Morgan fingerprint density at radius 2 is 2.42 bits per heavy atom. The largest absolute Gasteiger partial charge is 0.374 e. The van der Waals surface area contributed by atoms with Crippen molar-refractivity contribution in [2.24, 2.45) is 0 Å². The van der Waals surface area contributed by atoms with E-state index < -0.39 is 0 Å². The average Bonchev–Trinajstić information content (AvgIpc) is 3.10. The zero-order valence-electron chi connectivity index (χ0n) is 10.9. The molecule has 5 heteroatoms. The lowest BCUT2D eigenvalue weighted by molar-refractivity contribution is -0.0370. The van der Waals surface area contributed by atoms with Gasteiger partial charge in [-0.05, 0) is 23.9 Å². The molecule has 0 bridgehead atoms. The lowest BCUT2D eigenvalue weighted by Crippen LogP contribution is -2.44. The predicted octanol–water partition coefficient (Wildman–Crippen LogP) is 1.89. The molecule has 0 unspecified atom stereocenters. The summed E-state index contributed by atoms with van der Waals surface area (Å²) in [6.45, 7) is 4.85. The van der Waals surface area contributed by atoms with Crippen molar-refractivity contribution in [2.75, 3.05) is 26.2 Å². The summed E-state index contributed by atoms with van der Waals surface area (Å²) in [5.41, 5.74) is 0. The van der Waals surface area contributed by atoms with Crippen molar-refractivity contribution in [1.29, 1.82) is 0 Å². The molecule has 1 aliphatic rings. The van der Waals surface area contributed by atoms with Gasteiger partial charge in [-0.15, -0.1) is 11.3 Å². The average molecular weight is 277 g/mol. The molecule has 3 rings (SSSR count). The second kappa shape index (κ2) is 6.32. The third kappa shape index (κ3) is 3.65. The van der Waals surface area contributed by atoms with Gasteiger partial charge < -0.3 is 4.74 Å². The third-order valence-corrected chi connectivity index (χ3v) is 4.36. The van der Waals surface area contributed by atoms with Crippen LogP contribution in [0.5, 0.6) is 0 Å². The molecule has 19 heavy (non-hydrogen) atoms. The second-order valence-electron chi connectivity index (χ2n) is 4.85. The van der Waals surface area contributed by atoms with E-state index in [0.717, 1.165) is 39.2 Å². The van der Waals surface area contributed by atoms with Gasteiger partial charge in [-0.3, -0.25) is 9.58 Å². The number of morpholine rings is 1. The molecular formula is C14H19N3OS. The van der Waals surface area contributed by atoms with E-state index in [1.807, 2.05) is 34.5 Å². The van der Waals surface area contributed by atoms with Gasteiger partial charge in [0.15, 0.2) is 0 Å². The number of hydrogen-bond acceptors (Lipinski definition) is 4. The monoisotopic (exact) mass is 277 g/mol. The number of hydrogen-bond donors (Lipinski definition) is 0. The van der Waals surface area contributed by atoms with E-state index in [2.05, 4.69) is 27.5 Å². The molecule has 102 valence electrons. The van der Waals surface area contributed by atoms with Crippen molar-refractivity contribution < 1.29 is 4.74 Å². The van der Waals surface area contributed by atoms with Crippen molar-refractivity contribution in [3.05, 3.63) is 40.8 Å². The zero-order valence-corrected chi connectivity index (χ0v) is 11.8. The molecule has 2 aromatic heterocycles. The summed E-state index contributed by atoms with van der Waals surface area (Å²) in [5, 5.41) is 6.39. The van der Waals surface area contributed by atoms with Crippen LogP contribution in [0.2, 0.25) is 0 Å². The smallest absolute Gasteiger partial charge is 0.0898 e. The Labute approximate surface area is 117 Å². The summed E-state index contributed by atoms with van der Waals surface area (Å²) in [5.74, 6) is 0. The summed E-state index contributed by atoms with van der Waals surface area (Å²) in [4.78, 5) is 3.97. The molecule has 1 saturated heterocycles. The molecule has 1 atom stereocenters. The Hall–Kier alpha value is -1.17. The van der Waals surface area contributed by atoms with E-state index in [1.54, 1.807) is 0 Å². The van der Waals surface area contributed by atoms with Crippen molar-refractivity contribution in [3.63, 3.8) is 0 Å². The van der Waals surface area contributed by atoms with Crippen LogP contribution in [0.3, 0.4) is 0 Å². The number of thiophene rings is 1. The maximum atomic E-state index is 5.82. The van der Waals surface area contributed by atoms with Crippen LogP contribution < -0.4 is 0 Å². The van der Waals surface area contributed by atoms with E-state index >= 15 is 0 Å². The molecule has 1 aliphatic heterocycles. The van der Waals surface area contributed by atoms with Crippen molar-refractivity contribution in [2.45, 2.75) is 19.1 Å². The highest BCUT2D eigenvalue weighted by molar-refractivity contribution is 7.09. The minimum Gasteiger partial charge on any atom is -0.374 e. The Kier molecular flexibility index (Phi) is 4.27. The van der Waals surface area contributed by atoms with Gasteiger partial charge in [0.2, 0.25) is 0 Å². The summed E-state index contributed by atoms with van der Waals surface area (Å²) in [6.07, 6.45) is 5.22. The van der Waals surface area contributed by atoms with Crippen LogP contribution in [0.25, 0.3) is 0 Å². The number of rotatable bonds is 5. The Morgan fingerprint density at radius 1 is 1.42 bits per heavy atom. The van der Waals surface area contributed by atoms with Crippen LogP contribution in [0.1, 0.15) is 4.88 Å². The lowest BCUT2D eigenvalue weighted by atomic mass is 10.2. The van der Waals surface area contributed by atoms with Crippen LogP contribution in [-0.4, -0.2) is 47.0 Å². The van der Waals surface area contributed by atoms with E-state index in [-0.39, 0.29) is 6.10 Å². The molecule has 0 aromatic carbocycles. The molecule has 0 amide bonds. The fraction of sp³-hybridized carbons (Fsp3) is 0.500. The fourth-order valence-electron chi connectivity index (χ4n) is 2.43. The van der Waals surface area contributed by atoms with Gasteiger partial charge in [-0.25, -0.2) is 0 Å². The van der Waals surface area contributed by atoms with Gasteiger partial charge in [-0.1, -0.05) is 6.07 Å². The summed E-state index contributed by atoms with van der Waals surface area (Å²) in [6, 6.07) is 6.30. The first-order valence-electron chi connectivity index (χ1n) is 6.74. The van der Waals surface area contributed by atoms with Gasteiger partial charge in [0, 0.05) is 36.9 Å². The first-order valence-corrected chi connectivity index (χ1v) is 7.62. The van der Waals surface area contributed by atoms with Crippen LogP contribution in [0.15, 0.2) is 36.0 Å². The molecular weight excluding hydrogens is 258 g/mol. The fourth-order valence-corrected chi connectivity index (χ4v) is 3.13. The van der Waals surface area contributed by atoms with E-state index in [0.29, 0.717) is 0 Å². The summed E-state index contributed by atoms with van der Waals surface area (Å²) < 4.78 is 7.77. The molecule has 0 N–H and O–H groups in total. The molecule has 4 nitrogen and oxygen atoms in total. The highest BCUT2D eigenvalue weighted by atomic mass is 32.1. The quantitative estimate of drug-likeness (QED) is 0.836. The number of aromatic nitrogens is 2. The standard InChI is InChI=1S/C14H19N3OS/c1-3-14(19-10-1)4-7-16-8-9-18-13(11-16)12-17-6-2-5-15-17/h1-3,5-6,10,13H,4,7-9,11-12H2/t13-/m0/s1. The minimum atomic E-state index is 0.261. The van der Waals surface area contributed by atoms with E-state index in [1.165, 1.54) is 4.88 Å². The molecule has 1 fully saturated rings. The van der Waals surface area contributed by atoms with Crippen molar-refractivity contribution >= 4 is 11.3 Å². The van der Waals surface area contributed by atoms with Gasteiger partial charge in [0.25, 0.3) is 0 Å². The van der Waals surface area contributed by atoms with Crippen LogP contribution in [-0.2, 0) is 17.7 Å². The van der Waals surface area contributed by atoms with Gasteiger partial charge >= 0.3 is 0 Å². The first-order chi connectivity index (χ1) is 9.40. The van der Waals surface area contributed by atoms with Gasteiger partial charge in [0.1, 0.15) is 0 Å². The van der Waals surface area contributed by atoms with Crippen molar-refractivity contribution in [1.82, 2.24) is 14.7 Å². The molecule has 2 aromatic rings. The lowest BCUT2D eigenvalue weighted by Gasteiger charge is -2.32. The number of ether oxygens (including phenoxy) is 1. The normalized spacial score (nSPS) is 20.7. The maximum Gasteiger partial charge on any atom is 0.0898 e.